The lowest BCUT2D eigenvalue weighted by Crippen LogP contribution is -2.14. The molecule has 3 aromatic rings. The van der Waals surface area contributed by atoms with Gasteiger partial charge in [-0.1, -0.05) is 24.3 Å². The van der Waals surface area contributed by atoms with Crippen LogP contribution in [0.4, 0.5) is 10.3 Å². The van der Waals surface area contributed by atoms with Crippen LogP contribution in [0.15, 0.2) is 67.0 Å². The van der Waals surface area contributed by atoms with Crippen molar-refractivity contribution in [2.45, 2.75) is 6.04 Å². The van der Waals surface area contributed by atoms with Crippen LogP contribution >= 0.6 is 0 Å². The molecule has 0 aliphatic rings. The summed E-state index contributed by atoms with van der Waals surface area (Å²) in [5.41, 5.74) is 1.92. The van der Waals surface area contributed by atoms with Crippen LogP contribution in [-0.4, -0.2) is 17.1 Å². The van der Waals surface area contributed by atoms with Gasteiger partial charge in [-0.05, 0) is 41.5 Å². The highest BCUT2D eigenvalue weighted by atomic mass is 19.1. The molecule has 0 saturated carbocycles. The lowest BCUT2D eigenvalue weighted by Gasteiger charge is -2.20. The van der Waals surface area contributed by atoms with Crippen molar-refractivity contribution in [1.29, 1.82) is 0 Å². The van der Waals surface area contributed by atoms with Crippen molar-refractivity contribution in [2.24, 2.45) is 0 Å². The molecule has 116 valence electrons. The van der Waals surface area contributed by atoms with Gasteiger partial charge >= 0.3 is 0 Å². The summed E-state index contributed by atoms with van der Waals surface area (Å²) in [6, 6.07) is 15.7. The molecule has 1 aromatic heterocycles. The zero-order chi connectivity index (χ0) is 16.1. The number of nitrogens with one attached hydrogen (secondary N) is 1. The topological polar surface area (TPSA) is 47.0 Å². The molecular weight excluding hydrogens is 293 g/mol. The second kappa shape index (κ2) is 6.87. The average molecular weight is 309 g/mol. The second-order valence-corrected chi connectivity index (χ2v) is 4.97. The molecule has 0 amide bonds. The van der Waals surface area contributed by atoms with Crippen LogP contribution in [-0.2, 0) is 0 Å². The largest absolute Gasteiger partial charge is 0.497 e. The minimum absolute atomic E-state index is 0.191. The van der Waals surface area contributed by atoms with Crippen LogP contribution in [0.3, 0.4) is 0 Å². The van der Waals surface area contributed by atoms with Gasteiger partial charge in [0.15, 0.2) is 0 Å². The number of hydrogen-bond acceptors (Lipinski definition) is 4. The van der Waals surface area contributed by atoms with Gasteiger partial charge in [-0.2, -0.15) is 0 Å². The lowest BCUT2D eigenvalue weighted by molar-refractivity contribution is 0.414. The first-order chi connectivity index (χ1) is 11.3. The molecule has 0 spiro atoms. The van der Waals surface area contributed by atoms with E-state index in [1.165, 1.54) is 12.1 Å². The van der Waals surface area contributed by atoms with Gasteiger partial charge < -0.3 is 10.1 Å². The number of hydrogen-bond donors (Lipinski definition) is 1. The molecule has 3 rings (SSSR count). The number of benzene rings is 2. The van der Waals surface area contributed by atoms with Crippen LogP contribution in [0.1, 0.15) is 17.2 Å². The minimum Gasteiger partial charge on any atom is -0.497 e. The van der Waals surface area contributed by atoms with E-state index >= 15 is 0 Å². The van der Waals surface area contributed by atoms with Gasteiger partial charge in [0.1, 0.15) is 11.6 Å². The number of anilines is 1. The van der Waals surface area contributed by atoms with Crippen LogP contribution in [0, 0.1) is 5.82 Å². The van der Waals surface area contributed by atoms with Crippen molar-refractivity contribution in [3.05, 3.63) is 83.9 Å². The Bertz CT molecular complexity index is 745. The van der Waals surface area contributed by atoms with Crippen molar-refractivity contribution >= 4 is 5.95 Å². The highest BCUT2D eigenvalue weighted by Crippen LogP contribution is 2.27. The maximum absolute atomic E-state index is 13.2. The van der Waals surface area contributed by atoms with Crippen molar-refractivity contribution < 1.29 is 9.13 Å². The lowest BCUT2D eigenvalue weighted by atomic mass is 9.98. The van der Waals surface area contributed by atoms with Crippen LogP contribution in [0.5, 0.6) is 5.75 Å². The smallest absolute Gasteiger partial charge is 0.223 e. The summed E-state index contributed by atoms with van der Waals surface area (Å²) in [7, 11) is 1.63. The van der Waals surface area contributed by atoms with Crippen molar-refractivity contribution in [1.82, 2.24) is 9.97 Å². The molecule has 0 fully saturated rings. The predicted octanol–water partition coefficient (Wildman–Crippen LogP) is 3.83. The van der Waals surface area contributed by atoms with Crippen LogP contribution in [0.25, 0.3) is 0 Å². The van der Waals surface area contributed by atoms with Gasteiger partial charge in [0.2, 0.25) is 5.95 Å². The van der Waals surface area contributed by atoms with Gasteiger partial charge in [0, 0.05) is 12.4 Å². The summed E-state index contributed by atoms with van der Waals surface area (Å²) in [6.45, 7) is 0. The summed E-state index contributed by atoms with van der Waals surface area (Å²) in [5, 5.41) is 3.28. The van der Waals surface area contributed by atoms with Gasteiger partial charge in [-0.15, -0.1) is 0 Å². The zero-order valence-corrected chi connectivity index (χ0v) is 12.6. The van der Waals surface area contributed by atoms with E-state index in [2.05, 4.69) is 15.3 Å². The van der Waals surface area contributed by atoms with E-state index in [9.17, 15) is 4.39 Å². The summed E-state index contributed by atoms with van der Waals surface area (Å²) in [5.74, 6) is 1.03. The first kappa shape index (κ1) is 15.0. The summed E-state index contributed by atoms with van der Waals surface area (Å²) in [6.07, 6.45) is 3.34. The monoisotopic (exact) mass is 309 g/mol. The highest BCUT2D eigenvalue weighted by molar-refractivity contribution is 5.42. The van der Waals surface area contributed by atoms with E-state index < -0.39 is 0 Å². The van der Waals surface area contributed by atoms with Gasteiger partial charge in [0.25, 0.3) is 0 Å². The normalized spacial score (nSPS) is 11.7. The number of aromatic nitrogens is 2. The fraction of sp³-hybridized carbons (Fsp3) is 0.111. The van der Waals surface area contributed by atoms with Crippen molar-refractivity contribution in [3.63, 3.8) is 0 Å². The van der Waals surface area contributed by atoms with Crippen LogP contribution < -0.4 is 10.1 Å². The SMILES string of the molecule is COc1ccc(C(Nc2ncccn2)c2ccc(F)cc2)cc1. The molecule has 0 saturated heterocycles. The maximum atomic E-state index is 13.2. The van der Waals surface area contributed by atoms with E-state index in [0.29, 0.717) is 5.95 Å². The first-order valence-electron chi connectivity index (χ1n) is 7.19. The summed E-state index contributed by atoms with van der Waals surface area (Å²) >= 11 is 0. The van der Waals surface area contributed by atoms with E-state index in [-0.39, 0.29) is 11.9 Å². The summed E-state index contributed by atoms with van der Waals surface area (Å²) in [4.78, 5) is 8.40. The molecule has 2 aromatic carbocycles. The van der Waals surface area contributed by atoms with E-state index in [4.69, 9.17) is 4.74 Å². The minimum atomic E-state index is -0.266. The molecule has 23 heavy (non-hydrogen) atoms. The predicted molar refractivity (Wildman–Crippen MR) is 86.9 cm³/mol. The molecule has 5 heteroatoms. The summed E-state index contributed by atoms with van der Waals surface area (Å²) < 4.78 is 18.4. The Morgan fingerprint density at radius 1 is 0.913 bits per heavy atom. The number of rotatable bonds is 5. The number of halogens is 1. The second-order valence-electron chi connectivity index (χ2n) is 4.97. The Hall–Kier alpha value is -2.95. The van der Waals surface area contributed by atoms with Crippen molar-refractivity contribution in [2.75, 3.05) is 12.4 Å². The Kier molecular flexibility index (Phi) is 4.47. The molecule has 0 aliphatic carbocycles. The molecular formula is C18H16FN3O. The molecule has 0 aliphatic heterocycles. The molecule has 1 N–H and O–H groups in total. The molecule has 1 unspecified atom stereocenters. The third kappa shape index (κ3) is 3.63. The first-order valence-corrected chi connectivity index (χ1v) is 7.19. The standard InChI is InChI=1S/C18H16FN3O/c1-23-16-9-5-14(6-10-16)17(13-3-7-15(19)8-4-13)22-18-20-11-2-12-21-18/h2-12,17H,1H3,(H,20,21,22). The molecule has 1 atom stereocenters. The molecule has 0 radical (unpaired) electrons. The fourth-order valence-corrected chi connectivity index (χ4v) is 2.31. The van der Waals surface area contributed by atoms with Gasteiger partial charge in [-0.25, -0.2) is 14.4 Å². The van der Waals surface area contributed by atoms with Gasteiger partial charge in [0.05, 0.1) is 13.2 Å². The zero-order valence-electron chi connectivity index (χ0n) is 12.6. The average Bonchev–Trinajstić information content (AvgIpc) is 2.62. The van der Waals surface area contributed by atoms with Crippen LogP contribution in [0.2, 0.25) is 0 Å². The maximum Gasteiger partial charge on any atom is 0.223 e. The Morgan fingerprint density at radius 2 is 1.48 bits per heavy atom. The molecule has 1 heterocycles. The molecule has 0 bridgehead atoms. The molecule has 4 nitrogen and oxygen atoms in total. The Labute approximate surface area is 134 Å². The van der Waals surface area contributed by atoms with E-state index in [1.807, 2.05) is 24.3 Å². The quantitative estimate of drug-likeness (QED) is 0.778. The number of methoxy groups -OCH3 is 1. The van der Waals surface area contributed by atoms with Gasteiger partial charge in [-0.3, -0.25) is 0 Å². The Morgan fingerprint density at radius 3 is 2.04 bits per heavy atom. The number of nitrogens with zero attached hydrogens (tertiary/aromatic N) is 2. The van der Waals surface area contributed by atoms with Crippen molar-refractivity contribution in [3.8, 4) is 5.75 Å². The number of ether oxygens (including phenoxy) is 1. The van der Waals surface area contributed by atoms with E-state index in [1.54, 1.807) is 37.7 Å². The Balaban J connectivity index is 1.96. The fourth-order valence-electron chi connectivity index (χ4n) is 2.31. The third-order valence-electron chi connectivity index (χ3n) is 3.49. The van der Waals surface area contributed by atoms with E-state index in [0.717, 1.165) is 16.9 Å². The third-order valence-corrected chi connectivity index (χ3v) is 3.49. The highest BCUT2D eigenvalue weighted by Gasteiger charge is 2.15.